The van der Waals surface area contributed by atoms with Crippen molar-refractivity contribution in [3.05, 3.63) is 0 Å². The molecule has 2 heteroatoms. The summed E-state index contributed by atoms with van der Waals surface area (Å²) >= 11 is 0. The highest BCUT2D eigenvalue weighted by molar-refractivity contribution is 5.90. The summed E-state index contributed by atoms with van der Waals surface area (Å²) in [5.74, 6) is 1.26. The van der Waals surface area contributed by atoms with Crippen molar-refractivity contribution in [2.24, 2.45) is 10.4 Å². The van der Waals surface area contributed by atoms with Crippen LogP contribution in [0.1, 0.15) is 60.3 Å². The van der Waals surface area contributed by atoms with Crippen LogP contribution in [0, 0.1) is 5.41 Å². The van der Waals surface area contributed by atoms with Gasteiger partial charge in [-0.25, -0.2) is 0 Å². The minimum Gasteiger partial charge on any atom is -0.368 e. The molecule has 0 aromatic rings. The summed E-state index contributed by atoms with van der Waals surface area (Å²) in [6.07, 6.45) is 5.03. The quantitative estimate of drug-likeness (QED) is 0.650. The average Bonchev–Trinajstić information content (AvgIpc) is 2.07. The molecular formula is C13H24N2. The summed E-state index contributed by atoms with van der Waals surface area (Å²) in [5.41, 5.74) is 0.687. The molecule has 2 aliphatic rings. The van der Waals surface area contributed by atoms with E-state index < -0.39 is 0 Å². The summed E-state index contributed by atoms with van der Waals surface area (Å²) < 4.78 is 0. The molecule has 1 fully saturated rings. The number of hydrogen-bond acceptors (Lipinski definition) is 2. The lowest BCUT2D eigenvalue weighted by Gasteiger charge is -2.48. The fourth-order valence-electron chi connectivity index (χ4n) is 2.59. The highest BCUT2D eigenvalue weighted by Crippen LogP contribution is 2.43. The maximum absolute atomic E-state index is 4.91. The van der Waals surface area contributed by atoms with Crippen LogP contribution in [-0.4, -0.2) is 16.9 Å². The van der Waals surface area contributed by atoms with Gasteiger partial charge in [0, 0.05) is 11.0 Å². The van der Waals surface area contributed by atoms with Crippen molar-refractivity contribution in [1.29, 1.82) is 0 Å². The van der Waals surface area contributed by atoms with Crippen molar-refractivity contribution >= 4 is 5.84 Å². The Bertz CT molecular complexity index is 302. The third kappa shape index (κ3) is 2.04. The lowest BCUT2D eigenvalue weighted by atomic mass is 9.69. The van der Waals surface area contributed by atoms with Gasteiger partial charge in [-0.2, -0.15) is 0 Å². The number of nitrogens with zero attached hydrogens (tertiary/aromatic N) is 1. The first-order valence-electron chi connectivity index (χ1n) is 6.11. The zero-order chi connectivity index (χ0) is 11.3. The third-order valence-corrected chi connectivity index (χ3v) is 4.03. The number of aliphatic imine (C=N–C) groups is 1. The predicted molar refractivity (Wildman–Crippen MR) is 65.3 cm³/mol. The van der Waals surface area contributed by atoms with Crippen LogP contribution in [0.5, 0.6) is 0 Å². The molecular weight excluding hydrogens is 184 g/mol. The zero-order valence-electron chi connectivity index (χ0n) is 10.8. The van der Waals surface area contributed by atoms with Crippen molar-refractivity contribution in [2.45, 2.75) is 71.4 Å². The van der Waals surface area contributed by atoms with Crippen molar-refractivity contribution in [1.82, 2.24) is 5.32 Å². The van der Waals surface area contributed by atoms with Crippen molar-refractivity contribution in [3.8, 4) is 0 Å². The summed E-state index contributed by atoms with van der Waals surface area (Å²) in [6.45, 7) is 11.4. The van der Waals surface area contributed by atoms with E-state index in [2.05, 4.69) is 39.9 Å². The molecule has 0 spiro atoms. The molecule has 86 valence electrons. The van der Waals surface area contributed by atoms with Gasteiger partial charge in [0.1, 0.15) is 5.84 Å². The minimum atomic E-state index is 0.134. The van der Waals surface area contributed by atoms with Crippen LogP contribution in [-0.2, 0) is 0 Å². The molecule has 0 aromatic carbocycles. The van der Waals surface area contributed by atoms with Gasteiger partial charge < -0.3 is 5.32 Å². The van der Waals surface area contributed by atoms with Gasteiger partial charge in [-0.05, 0) is 53.4 Å². The van der Waals surface area contributed by atoms with E-state index >= 15 is 0 Å². The predicted octanol–water partition coefficient (Wildman–Crippen LogP) is 3.13. The molecule has 0 saturated carbocycles. The number of piperidine rings is 1. The second kappa shape index (κ2) is 2.99. The molecule has 0 radical (unpaired) electrons. The fourth-order valence-corrected chi connectivity index (χ4v) is 2.59. The Morgan fingerprint density at radius 3 is 2.20 bits per heavy atom. The first-order chi connectivity index (χ1) is 6.73. The maximum Gasteiger partial charge on any atom is 0.103 e. The molecule has 1 N–H and O–H groups in total. The minimum absolute atomic E-state index is 0.134. The number of amidine groups is 1. The van der Waals surface area contributed by atoms with Gasteiger partial charge in [0.05, 0.1) is 5.54 Å². The van der Waals surface area contributed by atoms with Gasteiger partial charge in [0.25, 0.3) is 0 Å². The van der Waals surface area contributed by atoms with Gasteiger partial charge in [-0.3, -0.25) is 4.99 Å². The molecule has 15 heavy (non-hydrogen) atoms. The molecule has 2 nitrogen and oxygen atoms in total. The van der Waals surface area contributed by atoms with E-state index in [-0.39, 0.29) is 11.1 Å². The standard InChI is InChI=1S/C13H24N2/c1-11(2)6-8-13(5)9-7-12(3,4)15-10(13)14-11/h6-9H2,1-5H3,(H,14,15). The van der Waals surface area contributed by atoms with E-state index in [0.29, 0.717) is 5.41 Å². The van der Waals surface area contributed by atoms with E-state index in [0.717, 1.165) is 0 Å². The number of fused-ring (bicyclic) bond motifs is 1. The first-order valence-corrected chi connectivity index (χ1v) is 6.11. The number of hydrogen-bond donors (Lipinski definition) is 1. The summed E-state index contributed by atoms with van der Waals surface area (Å²) in [6, 6.07) is 0. The highest BCUT2D eigenvalue weighted by atomic mass is 15.1. The van der Waals surface area contributed by atoms with E-state index in [1.807, 2.05) is 0 Å². The average molecular weight is 208 g/mol. The van der Waals surface area contributed by atoms with Crippen LogP contribution in [0.15, 0.2) is 4.99 Å². The SMILES string of the molecule is CC1(C)CCC2(C)CCC(C)(C)NC2=N1. The molecule has 2 heterocycles. The topological polar surface area (TPSA) is 24.4 Å². The van der Waals surface area contributed by atoms with Crippen LogP contribution < -0.4 is 5.32 Å². The van der Waals surface area contributed by atoms with E-state index in [1.165, 1.54) is 31.5 Å². The lowest BCUT2D eigenvalue weighted by Crippen LogP contribution is -2.57. The van der Waals surface area contributed by atoms with Gasteiger partial charge in [-0.15, -0.1) is 0 Å². The van der Waals surface area contributed by atoms with Crippen molar-refractivity contribution < 1.29 is 0 Å². The fraction of sp³-hybridized carbons (Fsp3) is 0.923. The normalized spacial score (nSPS) is 37.5. The van der Waals surface area contributed by atoms with E-state index in [1.54, 1.807) is 0 Å². The zero-order valence-corrected chi connectivity index (χ0v) is 10.8. The van der Waals surface area contributed by atoms with Crippen LogP contribution in [0.2, 0.25) is 0 Å². The first kappa shape index (κ1) is 11.0. The van der Waals surface area contributed by atoms with Crippen LogP contribution in [0.4, 0.5) is 0 Å². The molecule has 2 rings (SSSR count). The van der Waals surface area contributed by atoms with Crippen LogP contribution in [0.25, 0.3) is 0 Å². The van der Waals surface area contributed by atoms with Gasteiger partial charge >= 0.3 is 0 Å². The molecule has 1 saturated heterocycles. The van der Waals surface area contributed by atoms with Crippen molar-refractivity contribution in [2.75, 3.05) is 0 Å². The lowest BCUT2D eigenvalue weighted by molar-refractivity contribution is 0.220. The van der Waals surface area contributed by atoms with Gasteiger partial charge in [0.2, 0.25) is 0 Å². The summed E-state index contributed by atoms with van der Waals surface area (Å²) in [4.78, 5) is 4.91. The second-order valence-corrected chi connectivity index (χ2v) is 6.84. The Balaban J connectivity index is 2.31. The Kier molecular flexibility index (Phi) is 2.19. The largest absolute Gasteiger partial charge is 0.368 e. The molecule has 0 amide bonds. The summed E-state index contributed by atoms with van der Waals surface area (Å²) in [5, 5.41) is 3.64. The Morgan fingerprint density at radius 1 is 0.933 bits per heavy atom. The number of nitrogens with one attached hydrogen (secondary N) is 1. The molecule has 2 aliphatic heterocycles. The van der Waals surface area contributed by atoms with Crippen LogP contribution >= 0.6 is 0 Å². The smallest absolute Gasteiger partial charge is 0.103 e. The third-order valence-electron chi connectivity index (χ3n) is 4.03. The molecule has 1 atom stereocenters. The molecule has 0 aliphatic carbocycles. The van der Waals surface area contributed by atoms with Crippen molar-refractivity contribution in [3.63, 3.8) is 0 Å². The second-order valence-electron chi connectivity index (χ2n) is 6.84. The molecule has 0 aromatic heterocycles. The maximum atomic E-state index is 4.91. The highest BCUT2D eigenvalue weighted by Gasteiger charge is 2.43. The van der Waals surface area contributed by atoms with Crippen LogP contribution in [0.3, 0.4) is 0 Å². The Morgan fingerprint density at radius 2 is 1.53 bits per heavy atom. The van der Waals surface area contributed by atoms with E-state index in [4.69, 9.17) is 4.99 Å². The molecule has 0 bridgehead atoms. The molecule has 1 unspecified atom stereocenters. The summed E-state index contributed by atoms with van der Waals surface area (Å²) in [7, 11) is 0. The Hall–Kier alpha value is -0.530. The van der Waals surface area contributed by atoms with Gasteiger partial charge in [0.15, 0.2) is 0 Å². The van der Waals surface area contributed by atoms with Gasteiger partial charge in [-0.1, -0.05) is 6.92 Å². The Labute approximate surface area is 93.6 Å². The number of rotatable bonds is 0. The monoisotopic (exact) mass is 208 g/mol. The van der Waals surface area contributed by atoms with E-state index in [9.17, 15) is 0 Å².